The summed E-state index contributed by atoms with van der Waals surface area (Å²) in [4.78, 5) is 11.7. The number of hydrogen-bond donors (Lipinski definition) is 0. The molecule has 0 aliphatic rings. The molecule has 0 saturated carbocycles. The molecule has 0 spiro atoms. The van der Waals surface area contributed by atoms with Crippen LogP contribution in [0.1, 0.15) is 62.1 Å². The highest BCUT2D eigenvalue weighted by Crippen LogP contribution is 2.40. The fraction of sp³-hybridized carbons (Fsp3) is 0.578. The lowest BCUT2D eigenvalue weighted by molar-refractivity contribution is -0.145. The number of unbranched alkanes of at least 4 members (excludes halogenated alkanes) is 4. The molecule has 312 valence electrons. The van der Waals surface area contributed by atoms with E-state index >= 15 is 0 Å². The molecule has 0 fully saturated rings. The van der Waals surface area contributed by atoms with Gasteiger partial charge in [-0.3, -0.25) is 4.79 Å². The predicted octanol–water partition coefficient (Wildman–Crippen LogP) is 7.03. The lowest BCUT2D eigenvalue weighted by Gasteiger charge is -2.36. The Morgan fingerprint density at radius 2 is 0.696 bits per heavy atom. The lowest BCUT2D eigenvalue weighted by atomic mass is 9.80. The van der Waals surface area contributed by atoms with Gasteiger partial charge in [-0.15, -0.1) is 0 Å². The zero-order valence-electron chi connectivity index (χ0n) is 33.6. The summed E-state index contributed by atoms with van der Waals surface area (Å²) in [6.45, 7) is 10.4. The summed E-state index contributed by atoms with van der Waals surface area (Å²) >= 11 is 0. The fourth-order valence-electron chi connectivity index (χ4n) is 5.82. The van der Waals surface area contributed by atoms with E-state index in [1.165, 1.54) is 19.3 Å². The molecule has 56 heavy (non-hydrogen) atoms. The van der Waals surface area contributed by atoms with Crippen LogP contribution in [-0.2, 0) is 57.8 Å². The molecular formula is C45H66O11. The van der Waals surface area contributed by atoms with Crippen molar-refractivity contribution < 1.29 is 52.2 Å². The van der Waals surface area contributed by atoms with E-state index in [1.54, 1.807) is 0 Å². The van der Waals surface area contributed by atoms with Crippen molar-refractivity contribution in [2.24, 2.45) is 0 Å². The number of ether oxygens (including phenoxy) is 10. The van der Waals surface area contributed by atoms with Crippen LogP contribution in [0.2, 0.25) is 0 Å². The second-order valence-corrected chi connectivity index (χ2v) is 12.9. The first-order chi connectivity index (χ1) is 27.8. The molecule has 0 saturated heterocycles. The van der Waals surface area contributed by atoms with Gasteiger partial charge in [0.25, 0.3) is 0 Å². The number of rotatable bonds is 37. The van der Waals surface area contributed by atoms with Crippen molar-refractivity contribution in [3.8, 4) is 0 Å². The van der Waals surface area contributed by atoms with Crippen LogP contribution >= 0.6 is 0 Å². The Balaban J connectivity index is 1.06. The quantitative estimate of drug-likeness (QED) is 0.0342. The Hall–Kier alpha value is -3.23. The van der Waals surface area contributed by atoms with Gasteiger partial charge >= 0.3 is 5.97 Å². The molecule has 0 aliphatic carbocycles. The summed E-state index contributed by atoms with van der Waals surface area (Å²) in [5.74, 6) is -0.148. The van der Waals surface area contributed by atoms with Crippen LogP contribution in [0.25, 0.3) is 0 Å². The topological polar surface area (TPSA) is 109 Å². The normalized spacial score (nSPS) is 11.6. The number of hydrogen-bond acceptors (Lipinski definition) is 11. The predicted molar refractivity (Wildman–Crippen MR) is 216 cm³/mol. The van der Waals surface area contributed by atoms with E-state index in [4.69, 9.17) is 47.4 Å². The zero-order valence-corrected chi connectivity index (χ0v) is 33.6. The number of esters is 1. The summed E-state index contributed by atoms with van der Waals surface area (Å²) in [5.41, 5.74) is 2.44. The Bertz CT molecular complexity index is 1220. The molecule has 0 aliphatic heterocycles. The summed E-state index contributed by atoms with van der Waals surface area (Å²) in [6.07, 6.45) is 6.06. The third-order valence-corrected chi connectivity index (χ3v) is 8.67. The van der Waals surface area contributed by atoms with Crippen LogP contribution in [0.5, 0.6) is 0 Å². The monoisotopic (exact) mass is 782 g/mol. The van der Waals surface area contributed by atoms with E-state index in [0.717, 1.165) is 29.5 Å². The molecule has 0 atom stereocenters. The van der Waals surface area contributed by atoms with E-state index in [1.807, 2.05) is 54.6 Å². The molecule has 0 bridgehead atoms. The van der Waals surface area contributed by atoms with Crippen LogP contribution in [0.15, 0.2) is 91.0 Å². The SMILES string of the molecule is CCCCCCCC(=O)OCCOCCOCCOCCOCCOCCOCCOCCOCCOC(c1ccccc1)(c1ccccc1)c1ccccc1. The van der Waals surface area contributed by atoms with Crippen molar-refractivity contribution in [2.75, 3.05) is 119 Å². The van der Waals surface area contributed by atoms with Gasteiger partial charge in [-0.2, -0.15) is 0 Å². The van der Waals surface area contributed by atoms with Gasteiger partial charge < -0.3 is 47.4 Å². The van der Waals surface area contributed by atoms with Crippen LogP contribution in [0.4, 0.5) is 0 Å². The molecule has 0 unspecified atom stereocenters. The molecule has 0 N–H and O–H groups in total. The van der Waals surface area contributed by atoms with Gasteiger partial charge in [0, 0.05) is 6.42 Å². The first kappa shape index (κ1) is 47.1. The van der Waals surface area contributed by atoms with E-state index in [-0.39, 0.29) is 12.6 Å². The molecule has 3 aromatic carbocycles. The van der Waals surface area contributed by atoms with Gasteiger partial charge in [0.2, 0.25) is 0 Å². The molecule has 0 radical (unpaired) electrons. The Labute approximate surface area is 335 Å². The van der Waals surface area contributed by atoms with E-state index in [9.17, 15) is 4.79 Å². The molecule has 3 aromatic rings. The first-order valence-corrected chi connectivity index (χ1v) is 20.4. The fourth-order valence-corrected chi connectivity index (χ4v) is 5.82. The van der Waals surface area contributed by atoms with Crippen molar-refractivity contribution in [3.05, 3.63) is 108 Å². The summed E-state index contributed by atoms with van der Waals surface area (Å²) < 4.78 is 56.5. The smallest absolute Gasteiger partial charge is 0.305 e. The number of carbonyl (C=O) groups is 1. The Morgan fingerprint density at radius 1 is 0.393 bits per heavy atom. The van der Waals surface area contributed by atoms with E-state index < -0.39 is 5.60 Å². The third-order valence-electron chi connectivity index (χ3n) is 8.67. The molecule has 11 nitrogen and oxygen atoms in total. The van der Waals surface area contributed by atoms with E-state index in [2.05, 4.69) is 43.3 Å². The summed E-state index contributed by atoms with van der Waals surface area (Å²) in [5, 5.41) is 0. The van der Waals surface area contributed by atoms with Crippen LogP contribution in [0.3, 0.4) is 0 Å². The molecule has 0 amide bonds. The summed E-state index contributed by atoms with van der Waals surface area (Å²) in [7, 11) is 0. The van der Waals surface area contributed by atoms with Gasteiger partial charge in [-0.1, -0.05) is 124 Å². The number of carbonyl (C=O) groups excluding carboxylic acids is 1. The van der Waals surface area contributed by atoms with Gasteiger partial charge in [0.05, 0.1) is 112 Å². The van der Waals surface area contributed by atoms with E-state index in [0.29, 0.717) is 119 Å². The van der Waals surface area contributed by atoms with Crippen molar-refractivity contribution in [2.45, 2.75) is 51.0 Å². The standard InChI is InChI=1S/C45H66O11/c1-2-3-4-5-15-22-44(46)55-39-37-53-35-33-51-31-29-49-27-25-47-23-24-48-26-28-50-30-32-52-34-36-54-38-40-56-45(41-16-9-6-10-17-41,42-18-11-7-12-19-42)43-20-13-8-14-21-43/h6-14,16-21H,2-5,15,22-40H2,1H3. The first-order valence-electron chi connectivity index (χ1n) is 20.4. The maximum absolute atomic E-state index is 11.7. The Morgan fingerprint density at radius 3 is 1.04 bits per heavy atom. The minimum Gasteiger partial charge on any atom is -0.463 e. The lowest BCUT2D eigenvalue weighted by Crippen LogP contribution is -2.34. The molecule has 11 heteroatoms. The zero-order chi connectivity index (χ0) is 39.5. The highest BCUT2D eigenvalue weighted by Gasteiger charge is 2.37. The van der Waals surface area contributed by atoms with Crippen LogP contribution in [0, 0.1) is 0 Å². The van der Waals surface area contributed by atoms with Crippen LogP contribution < -0.4 is 0 Å². The average Bonchev–Trinajstić information content (AvgIpc) is 3.24. The van der Waals surface area contributed by atoms with Gasteiger partial charge in [0.1, 0.15) is 12.2 Å². The Kier molecular flexibility index (Phi) is 27.6. The molecule has 0 aromatic heterocycles. The highest BCUT2D eigenvalue weighted by molar-refractivity contribution is 5.69. The van der Waals surface area contributed by atoms with Crippen LogP contribution in [-0.4, -0.2) is 125 Å². The van der Waals surface area contributed by atoms with Gasteiger partial charge in [0.15, 0.2) is 0 Å². The molecular weight excluding hydrogens is 716 g/mol. The molecule has 0 heterocycles. The maximum atomic E-state index is 11.7. The van der Waals surface area contributed by atoms with Crippen molar-refractivity contribution in [1.82, 2.24) is 0 Å². The number of benzene rings is 3. The molecule has 3 rings (SSSR count). The summed E-state index contributed by atoms with van der Waals surface area (Å²) in [6, 6.07) is 31.0. The third kappa shape index (κ3) is 20.8. The second kappa shape index (κ2) is 32.8. The largest absolute Gasteiger partial charge is 0.463 e. The van der Waals surface area contributed by atoms with Crippen molar-refractivity contribution in [1.29, 1.82) is 0 Å². The maximum Gasteiger partial charge on any atom is 0.305 e. The minimum atomic E-state index is -0.754. The van der Waals surface area contributed by atoms with Crippen molar-refractivity contribution in [3.63, 3.8) is 0 Å². The van der Waals surface area contributed by atoms with Crippen molar-refractivity contribution >= 4 is 5.97 Å². The minimum absolute atomic E-state index is 0.148. The second-order valence-electron chi connectivity index (χ2n) is 12.9. The highest BCUT2D eigenvalue weighted by atomic mass is 16.6. The average molecular weight is 783 g/mol. The van der Waals surface area contributed by atoms with Gasteiger partial charge in [-0.05, 0) is 23.1 Å². The van der Waals surface area contributed by atoms with Gasteiger partial charge in [-0.25, -0.2) is 0 Å².